The largest absolute Gasteiger partial charge is 0.447 e. The Balaban J connectivity index is 1.88. The predicted molar refractivity (Wildman–Crippen MR) is 54.4 cm³/mol. The number of hydrogen-bond acceptors (Lipinski definition) is 4. The first-order chi connectivity index (χ1) is 7.31. The summed E-state index contributed by atoms with van der Waals surface area (Å²) in [5.74, 6) is 0.540. The SMILES string of the molecule is NCC1COC(=O)N1CC1CCOCC1. The monoisotopic (exact) mass is 214 g/mol. The van der Waals surface area contributed by atoms with Crippen LogP contribution in [0.3, 0.4) is 0 Å². The third-order valence-electron chi connectivity index (χ3n) is 3.14. The van der Waals surface area contributed by atoms with E-state index >= 15 is 0 Å². The predicted octanol–water partition coefficient (Wildman–Crippen LogP) is 0.192. The summed E-state index contributed by atoms with van der Waals surface area (Å²) in [6, 6.07) is 0.0698. The molecule has 5 heteroatoms. The average molecular weight is 214 g/mol. The van der Waals surface area contributed by atoms with Crippen LogP contribution in [0.5, 0.6) is 0 Å². The van der Waals surface area contributed by atoms with Crippen LogP contribution in [-0.2, 0) is 9.47 Å². The summed E-state index contributed by atoms with van der Waals surface area (Å²) in [6.07, 6.45) is 1.85. The van der Waals surface area contributed by atoms with Gasteiger partial charge in [0.1, 0.15) is 6.61 Å². The highest BCUT2D eigenvalue weighted by Crippen LogP contribution is 2.20. The fourth-order valence-electron chi connectivity index (χ4n) is 2.12. The van der Waals surface area contributed by atoms with E-state index in [9.17, 15) is 4.79 Å². The Hall–Kier alpha value is -0.810. The van der Waals surface area contributed by atoms with Crippen molar-refractivity contribution in [3.63, 3.8) is 0 Å². The number of nitrogens with zero attached hydrogens (tertiary/aromatic N) is 1. The molecule has 0 aromatic heterocycles. The van der Waals surface area contributed by atoms with Gasteiger partial charge in [-0.25, -0.2) is 4.79 Å². The molecule has 2 rings (SSSR count). The third kappa shape index (κ3) is 2.41. The topological polar surface area (TPSA) is 64.8 Å². The van der Waals surface area contributed by atoms with Crippen LogP contribution in [-0.4, -0.2) is 49.9 Å². The average Bonchev–Trinajstić information content (AvgIpc) is 2.62. The van der Waals surface area contributed by atoms with Gasteiger partial charge in [0.25, 0.3) is 0 Å². The zero-order chi connectivity index (χ0) is 10.7. The molecule has 2 saturated heterocycles. The van der Waals surface area contributed by atoms with Gasteiger partial charge in [0.05, 0.1) is 6.04 Å². The summed E-state index contributed by atoms with van der Waals surface area (Å²) in [7, 11) is 0. The molecule has 5 nitrogen and oxygen atoms in total. The molecule has 0 aromatic carbocycles. The van der Waals surface area contributed by atoms with E-state index in [0.717, 1.165) is 32.6 Å². The number of hydrogen-bond donors (Lipinski definition) is 1. The fraction of sp³-hybridized carbons (Fsp3) is 0.900. The number of rotatable bonds is 3. The van der Waals surface area contributed by atoms with Gasteiger partial charge in [-0.3, -0.25) is 0 Å². The van der Waals surface area contributed by atoms with Crippen LogP contribution in [0.25, 0.3) is 0 Å². The van der Waals surface area contributed by atoms with E-state index in [2.05, 4.69) is 0 Å². The maximum Gasteiger partial charge on any atom is 0.410 e. The number of carbonyl (C=O) groups is 1. The van der Waals surface area contributed by atoms with E-state index in [4.69, 9.17) is 15.2 Å². The molecule has 1 amide bonds. The van der Waals surface area contributed by atoms with Crippen LogP contribution in [0.4, 0.5) is 4.79 Å². The van der Waals surface area contributed by atoms with Crippen molar-refractivity contribution in [2.75, 3.05) is 32.9 Å². The first-order valence-electron chi connectivity index (χ1n) is 5.52. The third-order valence-corrected chi connectivity index (χ3v) is 3.14. The van der Waals surface area contributed by atoms with Gasteiger partial charge in [0.2, 0.25) is 0 Å². The first-order valence-corrected chi connectivity index (χ1v) is 5.52. The molecular formula is C10H18N2O3. The Morgan fingerprint density at radius 2 is 2.13 bits per heavy atom. The van der Waals surface area contributed by atoms with Gasteiger partial charge < -0.3 is 20.1 Å². The van der Waals surface area contributed by atoms with Crippen LogP contribution in [0, 0.1) is 5.92 Å². The van der Waals surface area contributed by atoms with Crippen molar-refractivity contribution in [2.45, 2.75) is 18.9 Å². The van der Waals surface area contributed by atoms with Crippen LogP contribution in [0.15, 0.2) is 0 Å². The van der Waals surface area contributed by atoms with Gasteiger partial charge in [-0.05, 0) is 18.8 Å². The summed E-state index contributed by atoms with van der Waals surface area (Å²) in [4.78, 5) is 13.2. The number of cyclic esters (lactones) is 1. The summed E-state index contributed by atoms with van der Waals surface area (Å²) in [5.41, 5.74) is 5.59. The van der Waals surface area contributed by atoms with Crippen molar-refractivity contribution in [2.24, 2.45) is 11.7 Å². The second kappa shape index (κ2) is 4.81. The van der Waals surface area contributed by atoms with Crippen molar-refractivity contribution in [1.82, 2.24) is 4.90 Å². The molecule has 0 aromatic rings. The molecule has 2 aliphatic heterocycles. The maximum atomic E-state index is 11.4. The molecule has 0 spiro atoms. The summed E-state index contributed by atoms with van der Waals surface area (Å²) < 4.78 is 10.3. The Labute approximate surface area is 89.5 Å². The zero-order valence-electron chi connectivity index (χ0n) is 8.85. The highest BCUT2D eigenvalue weighted by atomic mass is 16.6. The van der Waals surface area contributed by atoms with Crippen LogP contribution < -0.4 is 5.73 Å². The molecular weight excluding hydrogens is 196 g/mol. The molecule has 0 saturated carbocycles. The van der Waals surface area contributed by atoms with Gasteiger partial charge in [-0.2, -0.15) is 0 Å². The summed E-state index contributed by atoms with van der Waals surface area (Å²) in [6.45, 7) is 3.30. The lowest BCUT2D eigenvalue weighted by Gasteiger charge is -2.28. The molecule has 0 radical (unpaired) electrons. The summed E-state index contributed by atoms with van der Waals surface area (Å²) >= 11 is 0. The Bertz CT molecular complexity index is 229. The lowest BCUT2D eigenvalue weighted by molar-refractivity contribution is 0.0546. The molecule has 15 heavy (non-hydrogen) atoms. The van der Waals surface area contributed by atoms with Crippen molar-refractivity contribution in [3.8, 4) is 0 Å². The molecule has 2 aliphatic rings. The van der Waals surface area contributed by atoms with Crippen LogP contribution in [0.1, 0.15) is 12.8 Å². The highest BCUT2D eigenvalue weighted by Gasteiger charge is 2.33. The van der Waals surface area contributed by atoms with E-state index in [-0.39, 0.29) is 12.1 Å². The smallest absolute Gasteiger partial charge is 0.410 e. The van der Waals surface area contributed by atoms with Crippen LogP contribution >= 0.6 is 0 Å². The van der Waals surface area contributed by atoms with Crippen molar-refractivity contribution < 1.29 is 14.3 Å². The Morgan fingerprint density at radius 1 is 1.40 bits per heavy atom. The van der Waals surface area contributed by atoms with Gasteiger partial charge in [0.15, 0.2) is 0 Å². The fourth-order valence-corrected chi connectivity index (χ4v) is 2.12. The van der Waals surface area contributed by atoms with Gasteiger partial charge in [-0.1, -0.05) is 0 Å². The number of ether oxygens (including phenoxy) is 2. The van der Waals surface area contributed by atoms with Crippen molar-refractivity contribution >= 4 is 6.09 Å². The van der Waals surface area contributed by atoms with E-state index in [1.54, 1.807) is 4.90 Å². The van der Waals surface area contributed by atoms with Gasteiger partial charge in [0, 0.05) is 26.3 Å². The van der Waals surface area contributed by atoms with E-state index in [0.29, 0.717) is 19.1 Å². The number of amides is 1. The first kappa shape index (κ1) is 10.7. The molecule has 1 unspecified atom stereocenters. The van der Waals surface area contributed by atoms with Gasteiger partial charge in [-0.15, -0.1) is 0 Å². The van der Waals surface area contributed by atoms with Crippen molar-refractivity contribution in [1.29, 1.82) is 0 Å². The minimum atomic E-state index is -0.211. The molecule has 2 heterocycles. The summed E-state index contributed by atoms with van der Waals surface area (Å²) in [5, 5.41) is 0. The van der Waals surface area contributed by atoms with E-state index < -0.39 is 0 Å². The minimum Gasteiger partial charge on any atom is -0.447 e. The van der Waals surface area contributed by atoms with Crippen molar-refractivity contribution in [3.05, 3.63) is 0 Å². The van der Waals surface area contributed by atoms with Crippen LogP contribution in [0.2, 0.25) is 0 Å². The van der Waals surface area contributed by atoms with Gasteiger partial charge >= 0.3 is 6.09 Å². The quantitative estimate of drug-likeness (QED) is 0.728. The molecule has 86 valence electrons. The maximum absolute atomic E-state index is 11.4. The second-order valence-corrected chi connectivity index (χ2v) is 4.17. The Morgan fingerprint density at radius 3 is 2.80 bits per heavy atom. The van der Waals surface area contributed by atoms with E-state index in [1.807, 2.05) is 0 Å². The van der Waals surface area contributed by atoms with E-state index in [1.165, 1.54) is 0 Å². The lowest BCUT2D eigenvalue weighted by Crippen LogP contribution is -2.42. The zero-order valence-corrected chi connectivity index (χ0v) is 8.85. The molecule has 0 aliphatic carbocycles. The standard InChI is InChI=1S/C10H18N2O3/c11-5-9-7-15-10(13)12(9)6-8-1-3-14-4-2-8/h8-9H,1-7,11H2. The normalized spacial score (nSPS) is 28.2. The highest BCUT2D eigenvalue weighted by molar-refractivity contribution is 5.70. The second-order valence-electron chi connectivity index (χ2n) is 4.17. The number of carbonyl (C=O) groups excluding carboxylic acids is 1. The molecule has 2 N–H and O–H groups in total. The molecule has 1 atom stereocenters. The lowest BCUT2D eigenvalue weighted by atomic mass is 9.99. The minimum absolute atomic E-state index is 0.0698. The molecule has 2 fully saturated rings. The molecule has 0 bridgehead atoms. The number of nitrogens with two attached hydrogens (primary N) is 1. The Kier molecular flexibility index (Phi) is 3.43.